The van der Waals surface area contributed by atoms with Crippen LogP contribution >= 0.6 is 0 Å². The molecule has 1 heteroatoms. The Morgan fingerprint density at radius 1 is 1.62 bits per heavy atom. The van der Waals surface area contributed by atoms with E-state index >= 15 is 0 Å². The van der Waals surface area contributed by atoms with E-state index in [4.69, 9.17) is 0 Å². The maximum absolute atomic E-state index is 12.4. The van der Waals surface area contributed by atoms with E-state index in [9.17, 15) is 4.79 Å². The Balaban J connectivity index is 3.04. The van der Waals surface area contributed by atoms with Gasteiger partial charge in [-0.1, -0.05) is 32.1 Å². The number of rotatable bonds is 3. The molecule has 1 fully saturated rings. The number of hydrogen-bond acceptors (Lipinski definition) is 1. The van der Waals surface area contributed by atoms with Crippen LogP contribution in [0.2, 0.25) is 0 Å². The molecule has 0 radical (unpaired) electrons. The average Bonchev–Trinajstić information content (AvgIpc) is 2.27. The van der Waals surface area contributed by atoms with Crippen molar-refractivity contribution in [3.63, 3.8) is 0 Å². The van der Waals surface area contributed by atoms with Crippen molar-refractivity contribution in [3.8, 4) is 0 Å². The van der Waals surface area contributed by atoms with E-state index in [2.05, 4.69) is 20.4 Å². The molecular weight excluding hydrogens is 196 g/mol. The highest BCUT2D eigenvalue weighted by Crippen LogP contribution is 2.46. The number of ketones is 1. The van der Waals surface area contributed by atoms with E-state index < -0.39 is 0 Å². The molecule has 1 aliphatic carbocycles. The van der Waals surface area contributed by atoms with Gasteiger partial charge in [-0.2, -0.15) is 0 Å². The van der Waals surface area contributed by atoms with Crippen LogP contribution in [0.3, 0.4) is 0 Å². The van der Waals surface area contributed by atoms with Gasteiger partial charge in [0.25, 0.3) is 0 Å². The van der Waals surface area contributed by atoms with Crippen LogP contribution in [0.1, 0.15) is 53.4 Å². The standard InChI is InChI=1S/C15H24O/c1-6-11(3)14(16)13-12(4)9-8-10-15(13,5)7-2/h6,13H,4,7-10H2,1-3,5H3. The van der Waals surface area contributed by atoms with E-state index in [1.807, 2.05) is 19.9 Å². The molecule has 16 heavy (non-hydrogen) atoms. The lowest BCUT2D eigenvalue weighted by Crippen LogP contribution is -2.37. The molecule has 0 bridgehead atoms. The van der Waals surface area contributed by atoms with E-state index in [1.165, 1.54) is 6.42 Å². The Morgan fingerprint density at radius 2 is 2.25 bits per heavy atom. The molecular formula is C15H24O. The maximum Gasteiger partial charge on any atom is 0.165 e. The molecule has 0 spiro atoms. The fourth-order valence-electron chi connectivity index (χ4n) is 2.75. The van der Waals surface area contributed by atoms with Crippen LogP contribution in [0.25, 0.3) is 0 Å². The zero-order valence-corrected chi connectivity index (χ0v) is 11.1. The van der Waals surface area contributed by atoms with Crippen LogP contribution in [0.4, 0.5) is 0 Å². The number of allylic oxidation sites excluding steroid dienone is 3. The summed E-state index contributed by atoms with van der Waals surface area (Å²) in [6.07, 6.45) is 6.32. The van der Waals surface area contributed by atoms with Crippen molar-refractivity contribution >= 4 is 5.78 Å². The zero-order valence-electron chi connectivity index (χ0n) is 11.1. The summed E-state index contributed by atoms with van der Waals surface area (Å²) < 4.78 is 0. The van der Waals surface area contributed by atoms with Gasteiger partial charge in [-0.3, -0.25) is 4.79 Å². The molecule has 0 amide bonds. The lowest BCUT2D eigenvalue weighted by Gasteiger charge is -2.41. The van der Waals surface area contributed by atoms with Crippen LogP contribution in [0.15, 0.2) is 23.8 Å². The first-order valence-electron chi connectivity index (χ1n) is 6.31. The van der Waals surface area contributed by atoms with Gasteiger partial charge in [-0.15, -0.1) is 0 Å². The summed E-state index contributed by atoms with van der Waals surface area (Å²) in [5, 5.41) is 0. The summed E-state index contributed by atoms with van der Waals surface area (Å²) in [6.45, 7) is 12.4. The topological polar surface area (TPSA) is 17.1 Å². The Kier molecular flexibility index (Phi) is 4.12. The SMILES string of the molecule is C=C1CCCC(C)(CC)C1C(=O)C(C)=CC. The van der Waals surface area contributed by atoms with Gasteiger partial charge in [0, 0.05) is 5.92 Å². The van der Waals surface area contributed by atoms with Crippen LogP contribution < -0.4 is 0 Å². The van der Waals surface area contributed by atoms with Crippen LogP contribution in [0, 0.1) is 11.3 Å². The third-order valence-corrected chi connectivity index (χ3v) is 4.24. The fourth-order valence-corrected chi connectivity index (χ4v) is 2.75. The summed E-state index contributed by atoms with van der Waals surface area (Å²) in [6, 6.07) is 0. The average molecular weight is 220 g/mol. The van der Waals surface area contributed by atoms with E-state index in [0.717, 1.165) is 30.4 Å². The molecule has 0 aromatic rings. The molecule has 90 valence electrons. The predicted molar refractivity (Wildman–Crippen MR) is 69.3 cm³/mol. The van der Waals surface area contributed by atoms with Crippen molar-refractivity contribution in [1.29, 1.82) is 0 Å². The summed E-state index contributed by atoms with van der Waals surface area (Å²) in [5.74, 6) is 0.332. The highest BCUT2D eigenvalue weighted by atomic mass is 16.1. The second kappa shape index (κ2) is 4.99. The minimum Gasteiger partial charge on any atom is -0.294 e. The van der Waals surface area contributed by atoms with Gasteiger partial charge in [0.2, 0.25) is 0 Å². The normalized spacial score (nSPS) is 31.6. The minimum atomic E-state index is 0.0439. The van der Waals surface area contributed by atoms with Crippen molar-refractivity contribution in [3.05, 3.63) is 23.8 Å². The molecule has 0 N–H and O–H groups in total. The van der Waals surface area contributed by atoms with Crippen molar-refractivity contribution in [2.75, 3.05) is 0 Å². The molecule has 1 nitrogen and oxygen atoms in total. The second-order valence-corrected chi connectivity index (χ2v) is 5.29. The van der Waals surface area contributed by atoms with Gasteiger partial charge >= 0.3 is 0 Å². The molecule has 1 aliphatic rings. The molecule has 0 heterocycles. The third kappa shape index (κ3) is 2.28. The minimum absolute atomic E-state index is 0.0439. The number of hydrogen-bond donors (Lipinski definition) is 0. The van der Waals surface area contributed by atoms with Crippen molar-refractivity contribution in [1.82, 2.24) is 0 Å². The van der Waals surface area contributed by atoms with Crippen LogP contribution in [0.5, 0.6) is 0 Å². The van der Waals surface area contributed by atoms with Gasteiger partial charge in [0.15, 0.2) is 5.78 Å². The summed E-state index contributed by atoms with van der Waals surface area (Å²) in [5.41, 5.74) is 2.14. The Labute approximate surface area is 99.6 Å². The molecule has 0 aromatic heterocycles. The first kappa shape index (κ1) is 13.2. The van der Waals surface area contributed by atoms with Gasteiger partial charge in [-0.25, -0.2) is 0 Å². The Bertz CT molecular complexity index is 324. The lowest BCUT2D eigenvalue weighted by molar-refractivity contribution is -0.122. The van der Waals surface area contributed by atoms with E-state index in [-0.39, 0.29) is 17.1 Å². The number of carbonyl (C=O) groups excluding carboxylic acids is 1. The maximum atomic E-state index is 12.4. The number of Topliss-reactive ketones (excluding diaryl/α,β-unsaturated/α-hetero) is 1. The van der Waals surface area contributed by atoms with Gasteiger partial charge in [0.05, 0.1) is 0 Å². The third-order valence-electron chi connectivity index (χ3n) is 4.24. The van der Waals surface area contributed by atoms with Gasteiger partial charge < -0.3 is 0 Å². The first-order valence-corrected chi connectivity index (χ1v) is 6.31. The zero-order chi connectivity index (χ0) is 12.3. The van der Waals surface area contributed by atoms with Crippen molar-refractivity contribution < 1.29 is 4.79 Å². The molecule has 0 saturated heterocycles. The second-order valence-electron chi connectivity index (χ2n) is 5.29. The Morgan fingerprint density at radius 3 is 2.75 bits per heavy atom. The van der Waals surface area contributed by atoms with Crippen LogP contribution in [-0.2, 0) is 4.79 Å². The smallest absolute Gasteiger partial charge is 0.165 e. The molecule has 1 saturated carbocycles. The lowest BCUT2D eigenvalue weighted by atomic mass is 9.62. The van der Waals surface area contributed by atoms with E-state index in [0.29, 0.717) is 0 Å². The summed E-state index contributed by atoms with van der Waals surface area (Å²) in [4.78, 5) is 12.4. The Hall–Kier alpha value is -0.850. The first-order chi connectivity index (χ1) is 7.46. The van der Waals surface area contributed by atoms with Crippen LogP contribution in [-0.4, -0.2) is 5.78 Å². The highest BCUT2D eigenvalue weighted by molar-refractivity contribution is 5.98. The molecule has 0 aliphatic heterocycles. The fraction of sp³-hybridized carbons (Fsp3) is 0.667. The summed E-state index contributed by atoms with van der Waals surface area (Å²) in [7, 11) is 0. The molecule has 2 unspecified atom stereocenters. The van der Waals surface area contributed by atoms with Crippen molar-refractivity contribution in [2.24, 2.45) is 11.3 Å². The predicted octanol–water partition coefficient (Wildman–Crippen LogP) is 4.29. The van der Waals surface area contributed by atoms with E-state index in [1.54, 1.807) is 0 Å². The molecule has 2 atom stereocenters. The van der Waals surface area contributed by atoms with Gasteiger partial charge in [0.1, 0.15) is 0 Å². The number of carbonyl (C=O) groups is 1. The van der Waals surface area contributed by atoms with Gasteiger partial charge in [-0.05, 0) is 50.5 Å². The highest BCUT2D eigenvalue weighted by Gasteiger charge is 2.41. The monoisotopic (exact) mass is 220 g/mol. The molecule has 1 rings (SSSR count). The molecule has 0 aromatic carbocycles. The summed E-state index contributed by atoms with van der Waals surface area (Å²) >= 11 is 0. The van der Waals surface area contributed by atoms with Crippen molar-refractivity contribution in [2.45, 2.75) is 53.4 Å². The quantitative estimate of drug-likeness (QED) is 0.512. The largest absolute Gasteiger partial charge is 0.294 e.